The molecule has 1 saturated carbocycles. The van der Waals surface area contributed by atoms with Crippen LogP contribution in [0.1, 0.15) is 71.1 Å². The summed E-state index contributed by atoms with van der Waals surface area (Å²) in [7, 11) is 2.02. The fourth-order valence-corrected chi connectivity index (χ4v) is 3.86. The van der Waals surface area contributed by atoms with E-state index in [0.29, 0.717) is 12.0 Å². The molecule has 2 rings (SSSR count). The molecule has 120 valence electrons. The Morgan fingerprint density at radius 2 is 2.00 bits per heavy atom. The van der Waals surface area contributed by atoms with Gasteiger partial charge in [0.15, 0.2) is 0 Å². The molecule has 0 radical (unpaired) electrons. The summed E-state index contributed by atoms with van der Waals surface area (Å²) in [4.78, 5) is 0. The van der Waals surface area contributed by atoms with E-state index in [-0.39, 0.29) is 0 Å². The van der Waals surface area contributed by atoms with E-state index in [2.05, 4.69) is 51.2 Å². The van der Waals surface area contributed by atoms with Crippen LogP contribution in [0.3, 0.4) is 0 Å². The minimum atomic E-state index is 0.495. The van der Waals surface area contributed by atoms with E-state index >= 15 is 0 Å². The molecule has 1 aromatic heterocycles. The minimum absolute atomic E-state index is 0.495. The predicted molar refractivity (Wildman–Crippen MR) is 89.3 cm³/mol. The van der Waals surface area contributed by atoms with E-state index < -0.39 is 0 Å². The number of aromatic nitrogens is 2. The van der Waals surface area contributed by atoms with Gasteiger partial charge in [-0.15, -0.1) is 0 Å². The zero-order chi connectivity index (χ0) is 15.6. The van der Waals surface area contributed by atoms with Gasteiger partial charge in [-0.25, -0.2) is 0 Å². The van der Waals surface area contributed by atoms with Crippen LogP contribution in [0.25, 0.3) is 0 Å². The highest BCUT2D eigenvalue weighted by Crippen LogP contribution is 2.33. The topological polar surface area (TPSA) is 29.9 Å². The van der Waals surface area contributed by atoms with Gasteiger partial charge in [-0.1, -0.05) is 41.0 Å². The number of rotatable bonds is 5. The lowest BCUT2D eigenvalue weighted by Crippen LogP contribution is -2.42. The molecular formula is C18H33N3. The summed E-state index contributed by atoms with van der Waals surface area (Å²) in [5.41, 5.74) is 2.61. The predicted octanol–water partition coefficient (Wildman–Crippen LogP) is 4.09. The van der Waals surface area contributed by atoms with E-state index in [1.165, 1.54) is 30.5 Å². The van der Waals surface area contributed by atoms with Crippen LogP contribution < -0.4 is 5.32 Å². The van der Waals surface area contributed by atoms with Crippen LogP contribution in [-0.4, -0.2) is 15.8 Å². The fourth-order valence-electron chi connectivity index (χ4n) is 3.86. The zero-order valence-electron chi connectivity index (χ0n) is 14.7. The third-order valence-electron chi connectivity index (χ3n) is 5.06. The second kappa shape index (κ2) is 6.95. The van der Waals surface area contributed by atoms with E-state index in [1.54, 1.807) is 0 Å². The molecule has 0 aliphatic heterocycles. The number of hydrogen-bond acceptors (Lipinski definition) is 2. The molecule has 1 aromatic rings. The highest BCUT2D eigenvalue weighted by molar-refractivity contribution is 5.20. The van der Waals surface area contributed by atoms with E-state index in [1.807, 2.05) is 11.7 Å². The van der Waals surface area contributed by atoms with Crippen LogP contribution >= 0.6 is 0 Å². The molecule has 3 atom stereocenters. The Labute approximate surface area is 130 Å². The third kappa shape index (κ3) is 4.09. The third-order valence-corrected chi connectivity index (χ3v) is 5.06. The first-order valence-electron chi connectivity index (χ1n) is 8.64. The number of hydrogen-bond donors (Lipinski definition) is 1. The van der Waals surface area contributed by atoms with Gasteiger partial charge >= 0.3 is 0 Å². The molecule has 3 heteroatoms. The van der Waals surface area contributed by atoms with E-state index in [4.69, 9.17) is 0 Å². The van der Waals surface area contributed by atoms with Crippen LogP contribution in [0.5, 0.6) is 0 Å². The maximum Gasteiger partial charge on any atom is 0.0694 e. The Hall–Kier alpha value is -0.830. The molecule has 1 aliphatic rings. The van der Waals surface area contributed by atoms with Crippen LogP contribution in [0.2, 0.25) is 0 Å². The Balaban J connectivity index is 2.03. The van der Waals surface area contributed by atoms with Crippen molar-refractivity contribution in [1.29, 1.82) is 0 Å². The van der Waals surface area contributed by atoms with Gasteiger partial charge in [0.25, 0.3) is 0 Å². The lowest BCUT2D eigenvalue weighted by molar-refractivity contribution is 0.169. The van der Waals surface area contributed by atoms with E-state index in [0.717, 1.165) is 24.3 Å². The number of nitrogens with one attached hydrogen (secondary N) is 1. The largest absolute Gasteiger partial charge is 0.310 e. The van der Waals surface area contributed by atoms with Crippen molar-refractivity contribution in [2.45, 2.75) is 72.4 Å². The molecule has 0 bridgehead atoms. The summed E-state index contributed by atoms with van der Waals surface area (Å²) in [6.45, 7) is 12.6. The second-order valence-electron chi connectivity index (χ2n) is 7.68. The second-order valence-corrected chi connectivity index (χ2v) is 7.68. The average molecular weight is 291 g/mol. The van der Waals surface area contributed by atoms with Crippen molar-refractivity contribution >= 4 is 0 Å². The van der Waals surface area contributed by atoms with Gasteiger partial charge in [0.2, 0.25) is 0 Å². The van der Waals surface area contributed by atoms with Crippen molar-refractivity contribution in [2.24, 2.45) is 24.8 Å². The highest BCUT2D eigenvalue weighted by atomic mass is 15.3. The van der Waals surface area contributed by atoms with Gasteiger partial charge in [-0.3, -0.25) is 4.68 Å². The van der Waals surface area contributed by atoms with Crippen molar-refractivity contribution in [3.63, 3.8) is 0 Å². The normalized spacial score (nSPS) is 26.8. The fraction of sp³-hybridized carbons (Fsp3) is 0.833. The van der Waals surface area contributed by atoms with Crippen molar-refractivity contribution in [2.75, 3.05) is 0 Å². The molecule has 0 amide bonds. The highest BCUT2D eigenvalue weighted by Gasteiger charge is 2.30. The molecule has 0 saturated heterocycles. The summed E-state index contributed by atoms with van der Waals surface area (Å²) >= 11 is 0. The molecule has 0 spiro atoms. The quantitative estimate of drug-likeness (QED) is 0.885. The first-order chi connectivity index (χ1) is 9.88. The van der Waals surface area contributed by atoms with Crippen LogP contribution in [0.4, 0.5) is 0 Å². The molecule has 1 heterocycles. The lowest BCUT2D eigenvalue weighted by Gasteiger charge is -2.38. The molecule has 1 N–H and O–H groups in total. The SMILES string of the molecule is CC1CCC(C(C)C)C(NCc2cn(C)nc2C(C)C)C1. The minimum Gasteiger partial charge on any atom is -0.310 e. The molecule has 21 heavy (non-hydrogen) atoms. The van der Waals surface area contributed by atoms with Crippen LogP contribution in [0, 0.1) is 17.8 Å². The lowest BCUT2D eigenvalue weighted by atomic mass is 9.74. The van der Waals surface area contributed by atoms with Gasteiger partial charge in [0.1, 0.15) is 0 Å². The maximum absolute atomic E-state index is 4.62. The monoisotopic (exact) mass is 291 g/mol. The van der Waals surface area contributed by atoms with E-state index in [9.17, 15) is 0 Å². The van der Waals surface area contributed by atoms with Crippen molar-refractivity contribution < 1.29 is 0 Å². The summed E-state index contributed by atoms with van der Waals surface area (Å²) in [5, 5.41) is 8.47. The van der Waals surface area contributed by atoms with Gasteiger partial charge in [0, 0.05) is 31.4 Å². The summed E-state index contributed by atoms with van der Waals surface area (Å²) < 4.78 is 1.95. The Kier molecular flexibility index (Phi) is 5.48. The summed E-state index contributed by atoms with van der Waals surface area (Å²) in [5.74, 6) is 2.94. The smallest absolute Gasteiger partial charge is 0.0694 e. The zero-order valence-corrected chi connectivity index (χ0v) is 14.7. The number of nitrogens with zero attached hydrogens (tertiary/aromatic N) is 2. The molecule has 3 nitrogen and oxygen atoms in total. The molecule has 3 unspecified atom stereocenters. The van der Waals surface area contributed by atoms with Gasteiger partial charge in [0.05, 0.1) is 5.69 Å². The maximum atomic E-state index is 4.62. The van der Waals surface area contributed by atoms with Crippen LogP contribution in [0.15, 0.2) is 6.20 Å². The summed E-state index contributed by atoms with van der Waals surface area (Å²) in [6, 6.07) is 0.661. The van der Waals surface area contributed by atoms with Crippen molar-refractivity contribution in [3.8, 4) is 0 Å². The average Bonchev–Trinajstić information content (AvgIpc) is 2.77. The summed E-state index contributed by atoms with van der Waals surface area (Å²) in [6.07, 6.45) is 6.27. The first-order valence-corrected chi connectivity index (χ1v) is 8.64. The number of aryl methyl sites for hydroxylation is 1. The van der Waals surface area contributed by atoms with Crippen molar-refractivity contribution in [3.05, 3.63) is 17.5 Å². The van der Waals surface area contributed by atoms with Crippen LogP contribution in [-0.2, 0) is 13.6 Å². The van der Waals surface area contributed by atoms with Gasteiger partial charge < -0.3 is 5.32 Å². The Morgan fingerprint density at radius 1 is 1.29 bits per heavy atom. The van der Waals surface area contributed by atoms with Gasteiger partial charge in [-0.05, 0) is 36.5 Å². The standard InChI is InChI=1S/C18H33N3/c1-12(2)16-8-7-14(5)9-17(16)19-10-15-11-21(6)20-18(15)13(3)4/h11-14,16-17,19H,7-10H2,1-6H3. The molecule has 1 fully saturated rings. The first kappa shape index (κ1) is 16.5. The van der Waals surface area contributed by atoms with Gasteiger partial charge in [-0.2, -0.15) is 5.10 Å². The molecule has 1 aliphatic carbocycles. The Morgan fingerprint density at radius 3 is 2.62 bits per heavy atom. The Bertz CT molecular complexity index is 447. The molecular weight excluding hydrogens is 258 g/mol. The van der Waals surface area contributed by atoms with Crippen molar-refractivity contribution in [1.82, 2.24) is 15.1 Å². The molecule has 0 aromatic carbocycles.